The number of piperazine rings is 1. The second-order valence-electron chi connectivity index (χ2n) is 7.18. The molecule has 2 heterocycles. The molecule has 26 heavy (non-hydrogen) atoms. The lowest BCUT2D eigenvalue weighted by molar-refractivity contribution is -0.122. The van der Waals surface area contributed by atoms with Gasteiger partial charge in [0.25, 0.3) is 5.91 Å². The van der Waals surface area contributed by atoms with E-state index in [0.29, 0.717) is 18.2 Å². The van der Waals surface area contributed by atoms with Gasteiger partial charge in [0.1, 0.15) is 6.54 Å². The van der Waals surface area contributed by atoms with Gasteiger partial charge in [0.05, 0.1) is 11.8 Å². The zero-order valence-electron chi connectivity index (χ0n) is 15.4. The van der Waals surface area contributed by atoms with Crippen LogP contribution in [0.4, 0.5) is 0 Å². The maximum atomic E-state index is 12.2. The summed E-state index contributed by atoms with van der Waals surface area (Å²) >= 11 is 0. The molecule has 8 nitrogen and oxygen atoms in total. The molecule has 3 N–H and O–H groups in total. The molecule has 2 fully saturated rings. The van der Waals surface area contributed by atoms with Gasteiger partial charge in [0, 0.05) is 51.5 Å². The Morgan fingerprint density at radius 1 is 1.19 bits per heavy atom. The minimum Gasteiger partial charge on any atom is -0.352 e. The summed E-state index contributed by atoms with van der Waals surface area (Å²) in [6.45, 7) is 5.67. The summed E-state index contributed by atoms with van der Waals surface area (Å²) in [6.07, 6.45) is 8.92. The van der Waals surface area contributed by atoms with Crippen LogP contribution in [0.2, 0.25) is 0 Å². The van der Waals surface area contributed by atoms with Gasteiger partial charge in [-0.2, -0.15) is 5.10 Å². The molecule has 1 aliphatic heterocycles. The van der Waals surface area contributed by atoms with Gasteiger partial charge in [-0.15, -0.1) is 0 Å². The molecule has 0 unspecified atom stereocenters. The topological polar surface area (TPSA) is 91.3 Å². The molecule has 2 aliphatic rings. The lowest BCUT2D eigenvalue weighted by Crippen LogP contribution is -2.46. The summed E-state index contributed by atoms with van der Waals surface area (Å²) in [7, 11) is 0. The summed E-state index contributed by atoms with van der Waals surface area (Å²) in [6, 6.07) is 0.291. The van der Waals surface area contributed by atoms with E-state index in [2.05, 4.69) is 25.9 Å². The Morgan fingerprint density at radius 3 is 2.73 bits per heavy atom. The summed E-state index contributed by atoms with van der Waals surface area (Å²) < 4.78 is 1.53. The van der Waals surface area contributed by atoms with Crippen molar-refractivity contribution in [1.29, 1.82) is 0 Å². The number of rotatable bonds is 7. The predicted molar refractivity (Wildman–Crippen MR) is 98.9 cm³/mol. The van der Waals surface area contributed by atoms with Gasteiger partial charge >= 0.3 is 0 Å². The number of hydrogen-bond donors (Lipinski definition) is 3. The number of aromatic nitrogens is 2. The van der Waals surface area contributed by atoms with E-state index in [1.807, 2.05) is 0 Å². The first-order chi connectivity index (χ1) is 12.7. The summed E-state index contributed by atoms with van der Waals surface area (Å²) in [5.41, 5.74) is 0.496. The standard InChI is InChI=1S/C18H30N6O2/c25-17(22-16-4-2-1-3-5-16)14-24-13-15(12-21-24)18(26)20-8-11-23-9-6-19-7-10-23/h12-13,16,19H,1-11,14H2,(H,20,26)(H,22,25). The van der Waals surface area contributed by atoms with Crippen LogP contribution in [0.1, 0.15) is 42.5 Å². The molecule has 144 valence electrons. The minimum absolute atomic E-state index is 0.0364. The van der Waals surface area contributed by atoms with Gasteiger partial charge in [-0.05, 0) is 12.8 Å². The zero-order chi connectivity index (χ0) is 18.2. The Hall–Kier alpha value is -1.93. The quantitative estimate of drug-likeness (QED) is 0.634. The van der Waals surface area contributed by atoms with Crippen LogP contribution in [0, 0.1) is 0 Å². The largest absolute Gasteiger partial charge is 0.352 e. The monoisotopic (exact) mass is 362 g/mol. The molecule has 0 atom stereocenters. The van der Waals surface area contributed by atoms with Crippen molar-refractivity contribution in [1.82, 2.24) is 30.6 Å². The van der Waals surface area contributed by atoms with E-state index in [0.717, 1.165) is 45.6 Å². The third kappa shape index (κ3) is 5.81. The number of amides is 2. The Morgan fingerprint density at radius 2 is 1.96 bits per heavy atom. The van der Waals surface area contributed by atoms with Gasteiger partial charge in [0.2, 0.25) is 5.91 Å². The van der Waals surface area contributed by atoms with Gasteiger partial charge in [0.15, 0.2) is 0 Å². The van der Waals surface area contributed by atoms with Crippen molar-refractivity contribution in [3.05, 3.63) is 18.0 Å². The average molecular weight is 362 g/mol. The molecular formula is C18H30N6O2. The van der Waals surface area contributed by atoms with E-state index in [1.165, 1.54) is 30.1 Å². The molecule has 0 bridgehead atoms. The van der Waals surface area contributed by atoms with Crippen molar-refractivity contribution in [3.63, 3.8) is 0 Å². The predicted octanol–water partition coefficient (Wildman–Crippen LogP) is -0.0330. The van der Waals surface area contributed by atoms with Gasteiger partial charge in [-0.1, -0.05) is 19.3 Å². The summed E-state index contributed by atoms with van der Waals surface area (Å²) in [5.74, 6) is -0.176. The highest BCUT2D eigenvalue weighted by Gasteiger charge is 2.17. The van der Waals surface area contributed by atoms with Crippen LogP contribution in [-0.4, -0.2) is 71.8 Å². The van der Waals surface area contributed by atoms with Crippen LogP contribution < -0.4 is 16.0 Å². The lowest BCUT2D eigenvalue weighted by Gasteiger charge is -2.27. The second-order valence-corrected chi connectivity index (χ2v) is 7.18. The van der Waals surface area contributed by atoms with Crippen LogP contribution in [0.25, 0.3) is 0 Å². The molecule has 3 rings (SSSR count). The van der Waals surface area contributed by atoms with E-state index in [9.17, 15) is 9.59 Å². The highest BCUT2D eigenvalue weighted by atomic mass is 16.2. The third-order valence-corrected chi connectivity index (χ3v) is 5.09. The molecule has 0 aromatic carbocycles. The van der Waals surface area contributed by atoms with E-state index in [1.54, 1.807) is 6.20 Å². The molecule has 8 heteroatoms. The highest BCUT2D eigenvalue weighted by Crippen LogP contribution is 2.17. The number of nitrogens with one attached hydrogen (secondary N) is 3. The first-order valence-electron chi connectivity index (χ1n) is 9.74. The smallest absolute Gasteiger partial charge is 0.254 e. The fourth-order valence-electron chi connectivity index (χ4n) is 3.60. The zero-order valence-corrected chi connectivity index (χ0v) is 15.4. The Labute approximate surface area is 154 Å². The van der Waals surface area contributed by atoms with Crippen molar-refractivity contribution in [2.75, 3.05) is 39.3 Å². The summed E-state index contributed by atoms with van der Waals surface area (Å²) in [4.78, 5) is 26.7. The molecule has 0 radical (unpaired) electrons. The van der Waals surface area contributed by atoms with Gasteiger partial charge in [-0.25, -0.2) is 0 Å². The molecule has 1 aromatic heterocycles. The number of carbonyl (C=O) groups excluding carboxylic acids is 2. The molecule has 1 aromatic rings. The van der Waals surface area contributed by atoms with Crippen LogP contribution in [-0.2, 0) is 11.3 Å². The second kappa shape index (κ2) is 9.68. The Bertz CT molecular complexity index is 590. The molecule has 1 aliphatic carbocycles. The SMILES string of the molecule is O=C(Cn1cc(C(=O)NCCN2CCNCC2)cn1)NC1CCCCC1. The van der Waals surface area contributed by atoms with E-state index >= 15 is 0 Å². The van der Waals surface area contributed by atoms with Crippen LogP contribution >= 0.6 is 0 Å². The fourth-order valence-corrected chi connectivity index (χ4v) is 3.60. The van der Waals surface area contributed by atoms with Crippen molar-refractivity contribution in [3.8, 4) is 0 Å². The first-order valence-corrected chi connectivity index (χ1v) is 9.74. The van der Waals surface area contributed by atoms with Crippen molar-refractivity contribution >= 4 is 11.8 Å². The summed E-state index contributed by atoms with van der Waals surface area (Å²) in [5, 5.41) is 13.4. The van der Waals surface area contributed by atoms with Crippen LogP contribution in [0.5, 0.6) is 0 Å². The first kappa shape index (κ1) is 18.8. The Kier molecular flexibility index (Phi) is 7.02. The fraction of sp³-hybridized carbons (Fsp3) is 0.722. The molecular weight excluding hydrogens is 332 g/mol. The van der Waals surface area contributed by atoms with E-state index in [-0.39, 0.29) is 18.4 Å². The maximum absolute atomic E-state index is 12.2. The molecule has 1 saturated carbocycles. The van der Waals surface area contributed by atoms with Crippen molar-refractivity contribution in [2.45, 2.75) is 44.7 Å². The highest BCUT2D eigenvalue weighted by molar-refractivity contribution is 5.93. The number of hydrogen-bond acceptors (Lipinski definition) is 5. The van der Waals surface area contributed by atoms with Crippen LogP contribution in [0.15, 0.2) is 12.4 Å². The lowest BCUT2D eigenvalue weighted by atomic mass is 9.95. The van der Waals surface area contributed by atoms with Gasteiger partial charge < -0.3 is 16.0 Å². The normalized spacial score (nSPS) is 19.2. The Balaban J connectivity index is 1.38. The van der Waals surface area contributed by atoms with Gasteiger partial charge in [-0.3, -0.25) is 19.2 Å². The molecule has 0 spiro atoms. The minimum atomic E-state index is -0.140. The van der Waals surface area contributed by atoms with Crippen molar-refractivity contribution in [2.24, 2.45) is 0 Å². The molecule has 1 saturated heterocycles. The van der Waals surface area contributed by atoms with Crippen molar-refractivity contribution < 1.29 is 9.59 Å². The van der Waals surface area contributed by atoms with E-state index in [4.69, 9.17) is 0 Å². The average Bonchev–Trinajstić information content (AvgIpc) is 3.12. The number of nitrogens with zero attached hydrogens (tertiary/aromatic N) is 3. The third-order valence-electron chi connectivity index (χ3n) is 5.09. The van der Waals surface area contributed by atoms with Crippen LogP contribution in [0.3, 0.4) is 0 Å². The van der Waals surface area contributed by atoms with E-state index < -0.39 is 0 Å². The maximum Gasteiger partial charge on any atom is 0.254 e. The number of carbonyl (C=O) groups is 2. The molecule has 2 amide bonds.